The highest BCUT2D eigenvalue weighted by Crippen LogP contribution is 2.02. The summed E-state index contributed by atoms with van der Waals surface area (Å²) >= 11 is 0. The quantitative estimate of drug-likeness (QED) is 0.740. The van der Waals surface area contributed by atoms with E-state index in [0.717, 1.165) is 5.69 Å². The summed E-state index contributed by atoms with van der Waals surface area (Å²) in [5.74, 6) is 0.687. The summed E-state index contributed by atoms with van der Waals surface area (Å²) in [6.07, 6.45) is 0. The summed E-state index contributed by atoms with van der Waals surface area (Å²) in [7, 11) is 1.61. The first-order valence-electron chi connectivity index (χ1n) is 3.00. The number of aromatic nitrogens is 1. The van der Waals surface area contributed by atoms with Gasteiger partial charge in [0, 0.05) is 13.2 Å². The Balaban J connectivity index is 0.000001000. The van der Waals surface area contributed by atoms with Crippen LogP contribution in [0.25, 0.3) is 0 Å². The van der Waals surface area contributed by atoms with Crippen molar-refractivity contribution in [1.82, 2.24) is 5.16 Å². The minimum absolute atomic E-state index is 0. The van der Waals surface area contributed by atoms with Gasteiger partial charge in [0.1, 0.15) is 5.69 Å². The largest absolute Gasteiger partial charge is 0.378 e. The standard InChI is InChI=1S/C6H10N2O2.ClH/c1-9-4-5-2-6(3-7)10-8-5;/h2H,3-4,7H2,1H3;1H. The molecule has 0 fully saturated rings. The predicted molar refractivity (Wildman–Crippen MR) is 42.4 cm³/mol. The Morgan fingerprint density at radius 1 is 1.73 bits per heavy atom. The van der Waals surface area contributed by atoms with Crippen LogP contribution < -0.4 is 5.73 Å². The van der Waals surface area contributed by atoms with Gasteiger partial charge in [-0.1, -0.05) is 5.16 Å². The Morgan fingerprint density at radius 2 is 2.45 bits per heavy atom. The summed E-state index contributed by atoms with van der Waals surface area (Å²) in [5, 5.41) is 3.70. The second-order valence-electron chi connectivity index (χ2n) is 1.92. The third kappa shape index (κ3) is 2.88. The lowest BCUT2D eigenvalue weighted by Gasteiger charge is -1.86. The number of hydrogen-bond donors (Lipinski definition) is 1. The molecule has 0 amide bonds. The molecule has 1 aromatic rings. The SMILES string of the molecule is COCc1cc(CN)on1.Cl. The van der Waals surface area contributed by atoms with Crippen LogP contribution in [0, 0.1) is 0 Å². The van der Waals surface area contributed by atoms with Crippen molar-refractivity contribution in [3.63, 3.8) is 0 Å². The maximum atomic E-state index is 5.28. The summed E-state index contributed by atoms with van der Waals surface area (Å²) in [4.78, 5) is 0. The van der Waals surface area contributed by atoms with E-state index >= 15 is 0 Å². The monoisotopic (exact) mass is 178 g/mol. The van der Waals surface area contributed by atoms with Gasteiger partial charge in [-0.05, 0) is 0 Å². The van der Waals surface area contributed by atoms with Crippen LogP contribution in [0.3, 0.4) is 0 Å². The average molecular weight is 179 g/mol. The van der Waals surface area contributed by atoms with Crippen LogP contribution in [0.1, 0.15) is 11.5 Å². The number of halogens is 1. The number of rotatable bonds is 3. The lowest BCUT2D eigenvalue weighted by Crippen LogP contribution is -1.92. The molecule has 0 saturated heterocycles. The molecule has 1 heterocycles. The van der Waals surface area contributed by atoms with Gasteiger partial charge >= 0.3 is 0 Å². The van der Waals surface area contributed by atoms with Crippen LogP contribution in [0.4, 0.5) is 0 Å². The molecular weight excluding hydrogens is 168 g/mol. The summed E-state index contributed by atoms with van der Waals surface area (Å²) in [6, 6.07) is 1.78. The Kier molecular flexibility index (Phi) is 4.85. The fourth-order valence-electron chi connectivity index (χ4n) is 0.668. The zero-order chi connectivity index (χ0) is 7.40. The Morgan fingerprint density at radius 3 is 2.91 bits per heavy atom. The zero-order valence-electron chi connectivity index (χ0n) is 6.24. The average Bonchev–Trinajstić information content (AvgIpc) is 2.37. The maximum absolute atomic E-state index is 5.28. The normalized spacial score (nSPS) is 9.27. The van der Waals surface area contributed by atoms with Crippen molar-refractivity contribution in [2.45, 2.75) is 13.2 Å². The third-order valence-electron chi connectivity index (χ3n) is 1.10. The van der Waals surface area contributed by atoms with Gasteiger partial charge in [-0.2, -0.15) is 0 Å². The Labute approximate surface area is 71.1 Å². The highest BCUT2D eigenvalue weighted by Gasteiger charge is 1.99. The highest BCUT2D eigenvalue weighted by atomic mass is 35.5. The molecule has 0 aliphatic carbocycles. The predicted octanol–water partition coefficient (Wildman–Crippen LogP) is 0.702. The molecule has 2 N–H and O–H groups in total. The van der Waals surface area contributed by atoms with Crippen LogP contribution in [0.5, 0.6) is 0 Å². The van der Waals surface area contributed by atoms with Crippen LogP contribution in [-0.2, 0) is 17.9 Å². The Bertz CT molecular complexity index is 202. The van der Waals surface area contributed by atoms with E-state index in [4.69, 9.17) is 15.0 Å². The van der Waals surface area contributed by atoms with E-state index in [-0.39, 0.29) is 12.4 Å². The minimum atomic E-state index is 0. The zero-order valence-corrected chi connectivity index (χ0v) is 7.06. The van der Waals surface area contributed by atoms with Crippen molar-refractivity contribution in [2.24, 2.45) is 5.73 Å². The van der Waals surface area contributed by atoms with Crippen molar-refractivity contribution in [1.29, 1.82) is 0 Å². The molecular formula is C6H11ClN2O2. The van der Waals surface area contributed by atoms with Crippen LogP contribution in [-0.4, -0.2) is 12.3 Å². The molecule has 0 aromatic carbocycles. The molecule has 0 saturated carbocycles. The lowest BCUT2D eigenvalue weighted by atomic mass is 10.4. The number of ether oxygens (including phenoxy) is 1. The van der Waals surface area contributed by atoms with E-state index in [9.17, 15) is 0 Å². The van der Waals surface area contributed by atoms with Gasteiger partial charge < -0.3 is 15.0 Å². The molecule has 0 unspecified atom stereocenters. The molecule has 0 bridgehead atoms. The minimum Gasteiger partial charge on any atom is -0.378 e. The molecule has 64 valence electrons. The molecule has 0 aliphatic heterocycles. The second kappa shape index (κ2) is 5.12. The fourth-order valence-corrected chi connectivity index (χ4v) is 0.668. The first kappa shape index (κ1) is 10.4. The van der Waals surface area contributed by atoms with E-state index < -0.39 is 0 Å². The van der Waals surface area contributed by atoms with Gasteiger partial charge in [0.05, 0.1) is 13.2 Å². The molecule has 1 aromatic heterocycles. The van der Waals surface area contributed by atoms with Crippen molar-refractivity contribution < 1.29 is 9.26 Å². The van der Waals surface area contributed by atoms with Gasteiger partial charge in [-0.25, -0.2) is 0 Å². The van der Waals surface area contributed by atoms with Crippen LogP contribution in [0.2, 0.25) is 0 Å². The van der Waals surface area contributed by atoms with Crippen molar-refractivity contribution in [3.8, 4) is 0 Å². The van der Waals surface area contributed by atoms with Gasteiger partial charge in [-0.15, -0.1) is 12.4 Å². The molecule has 5 heteroatoms. The third-order valence-corrected chi connectivity index (χ3v) is 1.10. The van der Waals surface area contributed by atoms with Gasteiger partial charge in [0.2, 0.25) is 0 Å². The number of nitrogens with zero attached hydrogens (tertiary/aromatic N) is 1. The molecule has 1 rings (SSSR count). The number of hydrogen-bond acceptors (Lipinski definition) is 4. The number of methoxy groups -OCH3 is 1. The lowest BCUT2D eigenvalue weighted by molar-refractivity contribution is 0.177. The molecule has 0 radical (unpaired) electrons. The molecule has 0 spiro atoms. The topological polar surface area (TPSA) is 61.3 Å². The van der Waals surface area contributed by atoms with E-state index in [0.29, 0.717) is 18.9 Å². The fraction of sp³-hybridized carbons (Fsp3) is 0.500. The van der Waals surface area contributed by atoms with Crippen molar-refractivity contribution in [3.05, 3.63) is 17.5 Å². The summed E-state index contributed by atoms with van der Waals surface area (Å²) in [6.45, 7) is 0.861. The van der Waals surface area contributed by atoms with Crippen LogP contribution in [0.15, 0.2) is 10.6 Å². The van der Waals surface area contributed by atoms with E-state index in [1.54, 1.807) is 13.2 Å². The molecule has 0 aliphatic rings. The molecule has 0 atom stereocenters. The van der Waals surface area contributed by atoms with Crippen LogP contribution >= 0.6 is 12.4 Å². The summed E-state index contributed by atoms with van der Waals surface area (Å²) in [5.41, 5.74) is 6.07. The molecule has 11 heavy (non-hydrogen) atoms. The van der Waals surface area contributed by atoms with Gasteiger partial charge in [0.15, 0.2) is 5.76 Å². The van der Waals surface area contributed by atoms with Crippen molar-refractivity contribution in [2.75, 3.05) is 7.11 Å². The molecule has 4 nitrogen and oxygen atoms in total. The highest BCUT2D eigenvalue weighted by molar-refractivity contribution is 5.85. The van der Waals surface area contributed by atoms with E-state index in [1.165, 1.54) is 0 Å². The van der Waals surface area contributed by atoms with Gasteiger partial charge in [-0.3, -0.25) is 0 Å². The smallest absolute Gasteiger partial charge is 0.150 e. The maximum Gasteiger partial charge on any atom is 0.150 e. The summed E-state index contributed by atoms with van der Waals surface area (Å²) < 4.78 is 9.63. The first-order valence-corrected chi connectivity index (χ1v) is 3.00. The van der Waals surface area contributed by atoms with E-state index in [2.05, 4.69) is 5.16 Å². The first-order chi connectivity index (χ1) is 4.86. The number of nitrogens with two attached hydrogens (primary N) is 1. The van der Waals surface area contributed by atoms with Crippen molar-refractivity contribution >= 4 is 12.4 Å². The second-order valence-corrected chi connectivity index (χ2v) is 1.92. The van der Waals surface area contributed by atoms with Gasteiger partial charge in [0.25, 0.3) is 0 Å². The Hall–Kier alpha value is -0.580. The van der Waals surface area contributed by atoms with E-state index in [1.807, 2.05) is 0 Å².